The molecule has 5 nitrogen and oxygen atoms in total. The lowest BCUT2D eigenvalue weighted by molar-refractivity contribution is 0.102. The fourth-order valence-corrected chi connectivity index (χ4v) is 5.35. The van der Waals surface area contributed by atoms with Crippen LogP contribution in [0.3, 0.4) is 0 Å². The van der Waals surface area contributed by atoms with Crippen molar-refractivity contribution in [2.45, 2.75) is 69.0 Å². The van der Waals surface area contributed by atoms with E-state index in [0.29, 0.717) is 11.8 Å². The standard InChI is InChI=1S/C22H28N4OS/c27-20(18-9-8-16-6-2-3-7-17(16)14-18)15-28-22-24-23-21(26(22)19-10-11-19)25-12-4-1-5-13-25/h8-9,14,19H,1-7,10-13,15H2. The van der Waals surface area contributed by atoms with E-state index in [1.54, 1.807) is 11.8 Å². The summed E-state index contributed by atoms with van der Waals surface area (Å²) in [5.41, 5.74) is 3.65. The highest BCUT2D eigenvalue weighted by atomic mass is 32.2. The number of thioether (sulfide) groups is 1. The lowest BCUT2D eigenvalue weighted by Gasteiger charge is -2.27. The van der Waals surface area contributed by atoms with Gasteiger partial charge < -0.3 is 4.90 Å². The zero-order valence-electron chi connectivity index (χ0n) is 16.4. The van der Waals surface area contributed by atoms with E-state index in [-0.39, 0.29) is 5.78 Å². The van der Waals surface area contributed by atoms with Crippen LogP contribution >= 0.6 is 11.8 Å². The predicted molar refractivity (Wildman–Crippen MR) is 112 cm³/mol. The Balaban J connectivity index is 1.30. The van der Waals surface area contributed by atoms with Crippen LogP contribution in [0.2, 0.25) is 0 Å². The van der Waals surface area contributed by atoms with Gasteiger partial charge in [-0.15, -0.1) is 10.2 Å². The van der Waals surface area contributed by atoms with Crippen LogP contribution in [0.5, 0.6) is 0 Å². The number of ketones is 1. The highest BCUT2D eigenvalue weighted by Crippen LogP contribution is 2.41. The van der Waals surface area contributed by atoms with E-state index in [2.05, 4.69) is 31.8 Å². The zero-order chi connectivity index (χ0) is 18.9. The molecule has 0 unspecified atom stereocenters. The number of hydrogen-bond acceptors (Lipinski definition) is 5. The molecule has 5 rings (SSSR count). The monoisotopic (exact) mass is 396 g/mol. The first-order chi connectivity index (χ1) is 13.8. The molecule has 0 radical (unpaired) electrons. The number of carbonyl (C=O) groups excluding carboxylic acids is 1. The van der Waals surface area contributed by atoms with Crippen molar-refractivity contribution in [3.8, 4) is 0 Å². The minimum atomic E-state index is 0.197. The van der Waals surface area contributed by atoms with Gasteiger partial charge in [-0.25, -0.2) is 0 Å². The summed E-state index contributed by atoms with van der Waals surface area (Å²) in [6.07, 6.45) is 11.0. The van der Waals surface area contributed by atoms with Gasteiger partial charge in [-0.2, -0.15) is 0 Å². The van der Waals surface area contributed by atoms with Gasteiger partial charge in [0.2, 0.25) is 5.95 Å². The zero-order valence-corrected chi connectivity index (χ0v) is 17.2. The summed E-state index contributed by atoms with van der Waals surface area (Å²) in [7, 11) is 0. The molecule has 1 aromatic heterocycles. The Morgan fingerprint density at radius 3 is 2.57 bits per heavy atom. The van der Waals surface area contributed by atoms with Gasteiger partial charge in [-0.3, -0.25) is 9.36 Å². The molecular formula is C22H28N4OS. The molecule has 1 aliphatic heterocycles. The van der Waals surface area contributed by atoms with Gasteiger partial charge in [0.15, 0.2) is 10.9 Å². The maximum absolute atomic E-state index is 12.8. The molecule has 2 heterocycles. The predicted octanol–water partition coefficient (Wildman–Crippen LogP) is 4.46. The Morgan fingerprint density at radius 1 is 1.00 bits per heavy atom. The van der Waals surface area contributed by atoms with Gasteiger partial charge in [0, 0.05) is 24.7 Å². The molecule has 6 heteroatoms. The Kier molecular flexibility index (Phi) is 5.14. The molecule has 0 bridgehead atoms. The SMILES string of the molecule is O=C(CSc1nnc(N2CCCCC2)n1C1CC1)c1ccc2c(c1)CCCC2. The molecule has 3 aliphatic rings. The van der Waals surface area contributed by atoms with Crippen molar-refractivity contribution in [3.05, 3.63) is 34.9 Å². The first kappa shape index (κ1) is 18.2. The highest BCUT2D eigenvalue weighted by Gasteiger charge is 2.32. The van der Waals surface area contributed by atoms with E-state index < -0.39 is 0 Å². The number of rotatable bonds is 6. The van der Waals surface area contributed by atoms with Crippen LogP contribution in [0.4, 0.5) is 5.95 Å². The van der Waals surface area contributed by atoms with E-state index >= 15 is 0 Å². The smallest absolute Gasteiger partial charge is 0.228 e. The Morgan fingerprint density at radius 2 is 1.79 bits per heavy atom. The largest absolute Gasteiger partial charge is 0.341 e. The quantitative estimate of drug-likeness (QED) is 0.533. The number of hydrogen-bond donors (Lipinski definition) is 0. The first-order valence-electron chi connectivity index (χ1n) is 10.8. The third-order valence-corrected chi connectivity index (χ3v) is 7.14. The number of nitrogens with zero attached hydrogens (tertiary/aromatic N) is 4. The number of aryl methyl sites for hydroxylation is 2. The van der Waals surface area contributed by atoms with E-state index in [0.717, 1.165) is 42.6 Å². The van der Waals surface area contributed by atoms with E-state index in [4.69, 9.17) is 0 Å². The van der Waals surface area contributed by atoms with Crippen molar-refractivity contribution in [3.63, 3.8) is 0 Å². The number of fused-ring (bicyclic) bond motifs is 1. The van der Waals surface area contributed by atoms with Crippen molar-refractivity contribution in [1.82, 2.24) is 14.8 Å². The van der Waals surface area contributed by atoms with Crippen molar-refractivity contribution in [1.29, 1.82) is 0 Å². The fourth-order valence-electron chi connectivity index (χ4n) is 4.45. The number of Topliss-reactive ketones (excluding diaryl/α,β-unsaturated/α-hetero) is 1. The first-order valence-corrected chi connectivity index (χ1v) is 11.8. The van der Waals surface area contributed by atoms with Crippen LogP contribution in [-0.2, 0) is 12.8 Å². The van der Waals surface area contributed by atoms with Gasteiger partial charge in [0.1, 0.15) is 0 Å². The highest BCUT2D eigenvalue weighted by molar-refractivity contribution is 7.99. The number of anilines is 1. The molecule has 0 atom stereocenters. The van der Waals surface area contributed by atoms with E-state index in [1.807, 2.05) is 6.07 Å². The van der Waals surface area contributed by atoms with Gasteiger partial charge in [0.05, 0.1) is 5.75 Å². The molecule has 1 saturated carbocycles. The second-order valence-electron chi connectivity index (χ2n) is 8.33. The summed E-state index contributed by atoms with van der Waals surface area (Å²) in [4.78, 5) is 15.2. The summed E-state index contributed by atoms with van der Waals surface area (Å²) in [5, 5.41) is 9.90. The maximum atomic E-state index is 12.8. The summed E-state index contributed by atoms with van der Waals surface area (Å²) in [6, 6.07) is 6.82. The van der Waals surface area contributed by atoms with Gasteiger partial charge in [0.25, 0.3) is 0 Å². The average Bonchev–Trinajstić information content (AvgIpc) is 3.51. The van der Waals surface area contributed by atoms with Crippen LogP contribution in [0.25, 0.3) is 0 Å². The lowest BCUT2D eigenvalue weighted by atomic mass is 9.90. The minimum absolute atomic E-state index is 0.197. The van der Waals surface area contributed by atoms with Gasteiger partial charge >= 0.3 is 0 Å². The second kappa shape index (κ2) is 7.90. The summed E-state index contributed by atoms with van der Waals surface area (Å²) in [5.74, 6) is 1.65. The van der Waals surface area contributed by atoms with Crippen molar-refractivity contribution < 1.29 is 4.79 Å². The molecule has 1 saturated heterocycles. The Hall–Kier alpha value is -1.82. The maximum Gasteiger partial charge on any atom is 0.228 e. The third-order valence-electron chi connectivity index (χ3n) is 6.20. The van der Waals surface area contributed by atoms with Crippen molar-refractivity contribution in [2.75, 3.05) is 23.7 Å². The van der Waals surface area contributed by atoms with Crippen LogP contribution in [-0.4, -0.2) is 39.4 Å². The molecule has 1 aromatic carbocycles. The summed E-state index contributed by atoms with van der Waals surface area (Å²) < 4.78 is 2.30. The van der Waals surface area contributed by atoms with Crippen LogP contribution in [0.15, 0.2) is 23.4 Å². The van der Waals surface area contributed by atoms with Gasteiger partial charge in [-0.05, 0) is 75.0 Å². The molecule has 28 heavy (non-hydrogen) atoms. The van der Waals surface area contributed by atoms with Gasteiger partial charge in [-0.1, -0.05) is 23.9 Å². The fraction of sp³-hybridized carbons (Fsp3) is 0.591. The lowest BCUT2D eigenvalue weighted by Crippen LogP contribution is -2.31. The summed E-state index contributed by atoms with van der Waals surface area (Å²) in [6.45, 7) is 2.15. The molecule has 2 aliphatic carbocycles. The molecule has 0 N–H and O–H groups in total. The van der Waals surface area contributed by atoms with E-state index in [9.17, 15) is 4.79 Å². The molecule has 0 spiro atoms. The molecule has 148 valence electrons. The van der Waals surface area contributed by atoms with Crippen LogP contribution < -0.4 is 4.90 Å². The Bertz CT molecular complexity index is 867. The number of benzene rings is 1. The third kappa shape index (κ3) is 3.71. The molecule has 2 fully saturated rings. The van der Waals surface area contributed by atoms with Crippen LogP contribution in [0.1, 0.15) is 72.5 Å². The molecule has 2 aromatic rings. The van der Waals surface area contributed by atoms with E-state index in [1.165, 1.54) is 56.1 Å². The number of piperidine rings is 1. The number of aromatic nitrogens is 3. The summed E-state index contributed by atoms with van der Waals surface area (Å²) >= 11 is 1.55. The topological polar surface area (TPSA) is 51.0 Å². The van der Waals surface area contributed by atoms with Crippen molar-refractivity contribution in [2.24, 2.45) is 0 Å². The van der Waals surface area contributed by atoms with Crippen molar-refractivity contribution >= 4 is 23.5 Å². The van der Waals surface area contributed by atoms with Crippen LogP contribution in [0, 0.1) is 0 Å². The second-order valence-corrected chi connectivity index (χ2v) is 9.28. The molecule has 0 amide bonds. The Labute approximate surface area is 170 Å². The normalized spacial score (nSPS) is 19.5. The number of carbonyl (C=O) groups is 1. The average molecular weight is 397 g/mol. The molecular weight excluding hydrogens is 368 g/mol. The minimum Gasteiger partial charge on any atom is -0.341 e.